The standard InChI is InChI=1S/C24H22N6O2S2/c1-17-7-9-19(10-8-17)34(31,32)27-14-13-26-23-25-12-11-20(28-23)22-21(18-5-3-2-4-6-18)29-24-30(22)15-16-33-24/h2-12,15-16,27H,13-14H2,1H3,(H,25,26,28). The molecule has 0 fully saturated rings. The first-order chi connectivity index (χ1) is 16.5. The molecule has 0 bridgehead atoms. The van der Waals surface area contributed by atoms with Gasteiger partial charge in [-0.25, -0.2) is 28.1 Å². The first-order valence-electron chi connectivity index (χ1n) is 10.7. The van der Waals surface area contributed by atoms with Crippen molar-refractivity contribution in [3.63, 3.8) is 0 Å². The Bertz CT molecular complexity index is 1530. The second-order valence-electron chi connectivity index (χ2n) is 7.63. The lowest BCUT2D eigenvalue weighted by Gasteiger charge is -2.09. The fourth-order valence-electron chi connectivity index (χ4n) is 3.56. The van der Waals surface area contributed by atoms with Crippen molar-refractivity contribution in [2.24, 2.45) is 0 Å². The van der Waals surface area contributed by atoms with Crippen LogP contribution in [-0.4, -0.2) is 40.9 Å². The molecular weight excluding hydrogens is 468 g/mol. The summed E-state index contributed by atoms with van der Waals surface area (Å²) in [5.41, 5.74) is 4.47. The smallest absolute Gasteiger partial charge is 0.240 e. The first-order valence-corrected chi connectivity index (χ1v) is 13.0. The van der Waals surface area contributed by atoms with Crippen LogP contribution in [0.4, 0.5) is 5.95 Å². The summed E-state index contributed by atoms with van der Waals surface area (Å²) in [5.74, 6) is 0.413. The lowest BCUT2D eigenvalue weighted by molar-refractivity contribution is 0.583. The lowest BCUT2D eigenvalue weighted by Crippen LogP contribution is -2.29. The van der Waals surface area contributed by atoms with Crippen LogP contribution < -0.4 is 10.0 Å². The van der Waals surface area contributed by atoms with Crippen molar-refractivity contribution >= 4 is 32.3 Å². The monoisotopic (exact) mass is 490 g/mol. The van der Waals surface area contributed by atoms with E-state index in [1.807, 2.05) is 59.3 Å². The minimum Gasteiger partial charge on any atom is -0.353 e. The van der Waals surface area contributed by atoms with Crippen LogP contribution in [0.1, 0.15) is 5.56 Å². The molecule has 172 valence electrons. The molecule has 0 saturated heterocycles. The van der Waals surface area contributed by atoms with Crippen LogP contribution in [0.25, 0.3) is 27.6 Å². The Morgan fingerprint density at radius 1 is 0.971 bits per heavy atom. The van der Waals surface area contributed by atoms with Crippen molar-refractivity contribution in [2.75, 3.05) is 18.4 Å². The van der Waals surface area contributed by atoms with E-state index in [1.165, 1.54) is 0 Å². The molecule has 0 amide bonds. The van der Waals surface area contributed by atoms with E-state index < -0.39 is 10.0 Å². The Labute approximate surface area is 201 Å². The number of hydrogen-bond acceptors (Lipinski definition) is 7. The summed E-state index contributed by atoms with van der Waals surface area (Å²) in [7, 11) is -3.57. The van der Waals surface area contributed by atoms with E-state index in [9.17, 15) is 8.42 Å². The summed E-state index contributed by atoms with van der Waals surface area (Å²) in [4.78, 5) is 14.9. The molecule has 0 aliphatic rings. The van der Waals surface area contributed by atoms with Gasteiger partial charge in [0.05, 0.1) is 16.3 Å². The zero-order valence-corrected chi connectivity index (χ0v) is 20.0. The molecule has 0 atom stereocenters. The van der Waals surface area contributed by atoms with Crippen molar-refractivity contribution in [3.05, 3.63) is 84.0 Å². The third kappa shape index (κ3) is 4.56. The molecule has 3 aromatic heterocycles. The molecule has 0 spiro atoms. The SMILES string of the molecule is Cc1ccc(S(=O)(=O)NCCNc2nccc(-c3c(-c4ccccc4)nc4sccn34)n2)cc1. The van der Waals surface area contributed by atoms with Crippen LogP contribution in [0.2, 0.25) is 0 Å². The lowest BCUT2D eigenvalue weighted by atomic mass is 10.1. The zero-order chi connectivity index (χ0) is 23.5. The molecule has 0 aliphatic carbocycles. The highest BCUT2D eigenvalue weighted by Crippen LogP contribution is 2.33. The van der Waals surface area contributed by atoms with Gasteiger partial charge in [0.25, 0.3) is 0 Å². The Morgan fingerprint density at radius 3 is 2.56 bits per heavy atom. The van der Waals surface area contributed by atoms with Gasteiger partial charge in [-0.2, -0.15) is 0 Å². The second kappa shape index (κ2) is 9.34. The average molecular weight is 491 g/mol. The third-order valence-corrected chi connectivity index (χ3v) is 7.47. The number of sulfonamides is 1. The van der Waals surface area contributed by atoms with Crippen molar-refractivity contribution < 1.29 is 8.42 Å². The molecule has 5 aromatic rings. The quantitative estimate of drug-likeness (QED) is 0.316. The van der Waals surface area contributed by atoms with Gasteiger partial charge < -0.3 is 5.32 Å². The van der Waals surface area contributed by atoms with Crippen LogP contribution in [0.15, 0.2) is 83.3 Å². The number of anilines is 1. The van der Waals surface area contributed by atoms with E-state index in [0.717, 1.165) is 33.2 Å². The highest BCUT2D eigenvalue weighted by Gasteiger charge is 2.18. The van der Waals surface area contributed by atoms with Crippen molar-refractivity contribution in [2.45, 2.75) is 11.8 Å². The Kier molecular flexibility index (Phi) is 6.10. The molecule has 5 rings (SSSR count). The molecule has 2 aromatic carbocycles. The van der Waals surface area contributed by atoms with Gasteiger partial charge >= 0.3 is 0 Å². The number of aromatic nitrogens is 4. The van der Waals surface area contributed by atoms with Gasteiger partial charge in [0.2, 0.25) is 16.0 Å². The predicted octanol–water partition coefficient (Wildman–Crippen LogP) is 4.22. The van der Waals surface area contributed by atoms with E-state index >= 15 is 0 Å². The van der Waals surface area contributed by atoms with Crippen LogP contribution in [0.3, 0.4) is 0 Å². The molecule has 10 heteroatoms. The zero-order valence-electron chi connectivity index (χ0n) is 18.3. The second-order valence-corrected chi connectivity index (χ2v) is 10.3. The van der Waals surface area contributed by atoms with Gasteiger partial charge in [0.15, 0.2) is 4.96 Å². The Morgan fingerprint density at radius 2 is 1.76 bits per heavy atom. The highest BCUT2D eigenvalue weighted by molar-refractivity contribution is 7.89. The summed E-state index contributed by atoms with van der Waals surface area (Å²) < 4.78 is 29.5. The molecule has 8 nitrogen and oxygen atoms in total. The molecule has 0 aliphatic heterocycles. The van der Waals surface area contributed by atoms with E-state index in [4.69, 9.17) is 4.98 Å². The maximum atomic E-state index is 12.5. The van der Waals surface area contributed by atoms with Gasteiger partial charge in [-0.3, -0.25) is 4.40 Å². The number of nitrogens with one attached hydrogen (secondary N) is 2. The Hall–Kier alpha value is -3.60. The predicted molar refractivity (Wildman–Crippen MR) is 134 cm³/mol. The van der Waals surface area contributed by atoms with Gasteiger partial charge in [0, 0.05) is 36.4 Å². The largest absolute Gasteiger partial charge is 0.353 e. The van der Waals surface area contributed by atoms with E-state index in [1.54, 1.807) is 41.8 Å². The van der Waals surface area contributed by atoms with Crippen LogP contribution in [-0.2, 0) is 10.0 Å². The van der Waals surface area contributed by atoms with Crippen molar-refractivity contribution in [3.8, 4) is 22.6 Å². The topological polar surface area (TPSA) is 101 Å². The van der Waals surface area contributed by atoms with E-state index in [-0.39, 0.29) is 11.4 Å². The number of rotatable bonds is 8. The maximum absolute atomic E-state index is 12.5. The van der Waals surface area contributed by atoms with Gasteiger partial charge in [-0.1, -0.05) is 48.0 Å². The maximum Gasteiger partial charge on any atom is 0.240 e. The normalized spacial score (nSPS) is 11.7. The molecule has 0 saturated carbocycles. The number of imidazole rings is 1. The number of aryl methyl sites for hydroxylation is 1. The average Bonchev–Trinajstić information content (AvgIpc) is 3.44. The fraction of sp³-hybridized carbons (Fsp3) is 0.125. The molecule has 34 heavy (non-hydrogen) atoms. The summed E-state index contributed by atoms with van der Waals surface area (Å²) in [6, 6.07) is 18.6. The number of thiazole rings is 1. The Balaban J connectivity index is 1.33. The number of nitrogens with zero attached hydrogens (tertiary/aromatic N) is 4. The molecule has 0 radical (unpaired) electrons. The molecule has 3 heterocycles. The number of fused-ring (bicyclic) bond motifs is 1. The summed E-state index contributed by atoms with van der Waals surface area (Å²) in [6.45, 7) is 2.44. The van der Waals surface area contributed by atoms with Crippen LogP contribution in [0, 0.1) is 6.92 Å². The van der Waals surface area contributed by atoms with Crippen molar-refractivity contribution in [1.29, 1.82) is 0 Å². The first kappa shape index (κ1) is 22.2. The van der Waals surface area contributed by atoms with Gasteiger partial charge in [-0.05, 0) is 25.1 Å². The van der Waals surface area contributed by atoms with E-state index in [2.05, 4.69) is 20.0 Å². The number of hydrogen-bond donors (Lipinski definition) is 2. The molecular formula is C24H22N6O2S2. The summed E-state index contributed by atoms with van der Waals surface area (Å²) >= 11 is 1.56. The molecule has 2 N–H and O–H groups in total. The third-order valence-electron chi connectivity index (χ3n) is 5.24. The molecule has 0 unspecified atom stereocenters. The van der Waals surface area contributed by atoms with Gasteiger partial charge in [0.1, 0.15) is 5.69 Å². The summed E-state index contributed by atoms with van der Waals surface area (Å²) in [5, 5.41) is 5.09. The highest BCUT2D eigenvalue weighted by atomic mass is 32.2. The fourth-order valence-corrected chi connectivity index (χ4v) is 5.31. The van der Waals surface area contributed by atoms with E-state index in [0.29, 0.717) is 12.5 Å². The number of benzene rings is 2. The van der Waals surface area contributed by atoms with Crippen molar-refractivity contribution in [1.82, 2.24) is 24.1 Å². The van der Waals surface area contributed by atoms with Crippen LogP contribution in [0.5, 0.6) is 0 Å². The van der Waals surface area contributed by atoms with Gasteiger partial charge in [-0.15, -0.1) is 11.3 Å². The van der Waals surface area contributed by atoms with Crippen LogP contribution >= 0.6 is 11.3 Å². The summed E-state index contributed by atoms with van der Waals surface area (Å²) in [6.07, 6.45) is 3.66. The minimum atomic E-state index is -3.57. The minimum absolute atomic E-state index is 0.195.